The summed E-state index contributed by atoms with van der Waals surface area (Å²) in [4.78, 5) is 0. The van der Waals surface area contributed by atoms with Gasteiger partial charge in [0.2, 0.25) is 0 Å². The van der Waals surface area contributed by atoms with Crippen molar-refractivity contribution in [3.05, 3.63) is 34.1 Å². The Morgan fingerprint density at radius 1 is 1.43 bits per heavy atom. The summed E-state index contributed by atoms with van der Waals surface area (Å²) in [6.45, 7) is 2.30. The van der Waals surface area contributed by atoms with Crippen LogP contribution in [0.25, 0.3) is 0 Å². The van der Waals surface area contributed by atoms with Crippen LogP contribution in [0.1, 0.15) is 38.2 Å². The van der Waals surface area contributed by atoms with Gasteiger partial charge in [0.15, 0.2) is 0 Å². The van der Waals surface area contributed by atoms with E-state index in [4.69, 9.17) is 4.74 Å². The molecular weight excluding hydrogens is 333 g/mol. The topological polar surface area (TPSA) is 21.3 Å². The van der Waals surface area contributed by atoms with E-state index in [2.05, 4.69) is 28.2 Å². The van der Waals surface area contributed by atoms with Crippen LogP contribution in [0, 0.1) is 11.7 Å². The molecule has 1 aromatic rings. The van der Waals surface area contributed by atoms with Crippen molar-refractivity contribution in [1.82, 2.24) is 5.32 Å². The van der Waals surface area contributed by atoms with E-state index in [9.17, 15) is 4.39 Å². The fraction of sp³-hybridized carbons (Fsp3) is 0.647. The Morgan fingerprint density at radius 2 is 2.10 bits per heavy atom. The summed E-state index contributed by atoms with van der Waals surface area (Å²) in [5.74, 6) is 0.582. The molecule has 0 aromatic heterocycles. The molecule has 0 radical (unpaired) electrons. The Hall–Kier alpha value is -0.450. The zero-order chi connectivity index (χ0) is 15.5. The number of methoxy groups -OCH3 is 1. The van der Waals surface area contributed by atoms with E-state index in [0.717, 1.165) is 35.2 Å². The molecule has 1 fully saturated rings. The van der Waals surface area contributed by atoms with Gasteiger partial charge in [0.25, 0.3) is 0 Å². The summed E-state index contributed by atoms with van der Waals surface area (Å²) < 4.78 is 20.4. The van der Waals surface area contributed by atoms with Gasteiger partial charge in [0, 0.05) is 17.6 Å². The van der Waals surface area contributed by atoms with Crippen LogP contribution < -0.4 is 5.32 Å². The maximum atomic E-state index is 13.5. The molecule has 21 heavy (non-hydrogen) atoms. The minimum Gasteiger partial charge on any atom is -0.377 e. The molecule has 0 amide bonds. The SMILES string of the molecule is CNC(Cc1cc(F)ccc1Br)C1(OC)CCC(C)CC1. The van der Waals surface area contributed by atoms with Gasteiger partial charge in [-0.15, -0.1) is 0 Å². The van der Waals surface area contributed by atoms with Crippen LogP contribution in [0.5, 0.6) is 0 Å². The van der Waals surface area contributed by atoms with E-state index < -0.39 is 0 Å². The lowest BCUT2D eigenvalue weighted by Gasteiger charge is -2.44. The Kier molecular flexibility index (Phi) is 5.81. The van der Waals surface area contributed by atoms with E-state index in [1.807, 2.05) is 7.05 Å². The van der Waals surface area contributed by atoms with E-state index in [0.29, 0.717) is 0 Å². The zero-order valence-corrected chi connectivity index (χ0v) is 14.7. The van der Waals surface area contributed by atoms with Crippen molar-refractivity contribution in [1.29, 1.82) is 0 Å². The summed E-state index contributed by atoms with van der Waals surface area (Å²) in [5.41, 5.74) is 0.844. The lowest BCUT2D eigenvalue weighted by atomic mass is 9.74. The number of nitrogens with one attached hydrogen (secondary N) is 1. The van der Waals surface area contributed by atoms with Crippen molar-refractivity contribution in [3.8, 4) is 0 Å². The van der Waals surface area contributed by atoms with Gasteiger partial charge in [-0.2, -0.15) is 0 Å². The predicted octanol–water partition coefficient (Wildman–Crippen LogP) is 4.31. The summed E-state index contributed by atoms with van der Waals surface area (Å²) >= 11 is 3.53. The van der Waals surface area contributed by atoms with Gasteiger partial charge in [0.05, 0.1) is 5.60 Å². The van der Waals surface area contributed by atoms with Crippen molar-refractivity contribution in [2.75, 3.05) is 14.2 Å². The van der Waals surface area contributed by atoms with Crippen LogP contribution in [0.15, 0.2) is 22.7 Å². The molecule has 1 atom stereocenters. The third-order valence-electron chi connectivity index (χ3n) is 4.94. The van der Waals surface area contributed by atoms with E-state index in [1.54, 1.807) is 19.2 Å². The first-order chi connectivity index (χ1) is 10.0. The summed E-state index contributed by atoms with van der Waals surface area (Å²) in [6.07, 6.45) is 5.26. The van der Waals surface area contributed by atoms with Crippen molar-refractivity contribution in [3.63, 3.8) is 0 Å². The van der Waals surface area contributed by atoms with Gasteiger partial charge < -0.3 is 10.1 Å². The summed E-state index contributed by atoms with van der Waals surface area (Å²) in [5, 5.41) is 3.41. The summed E-state index contributed by atoms with van der Waals surface area (Å²) in [7, 11) is 3.78. The molecular formula is C17H25BrFNO. The quantitative estimate of drug-likeness (QED) is 0.847. The second-order valence-corrected chi connectivity index (χ2v) is 7.09. The van der Waals surface area contributed by atoms with Gasteiger partial charge in [-0.3, -0.25) is 0 Å². The molecule has 0 heterocycles. The Balaban J connectivity index is 2.19. The van der Waals surface area contributed by atoms with Gasteiger partial charge >= 0.3 is 0 Å². The standard InChI is InChI=1S/C17H25BrFNO/c1-12-6-8-17(21-3,9-7-12)16(20-2)11-13-10-14(19)4-5-15(13)18/h4-5,10,12,16,20H,6-9,11H2,1-3H3. The highest BCUT2D eigenvalue weighted by atomic mass is 79.9. The average Bonchev–Trinajstić information content (AvgIpc) is 2.49. The molecule has 1 aliphatic carbocycles. The molecule has 2 rings (SSSR count). The molecule has 0 aliphatic heterocycles. The minimum absolute atomic E-state index is 0.146. The fourth-order valence-corrected chi connectivity index (χ4v) is 3.82. The number of likely N-dealkylation sites (N-methyl/N-ethyl adjacent to an activating group) is 1. The molecule has 0 bridgehead atoms. The van der Waals surface area contributed by atoms with E-state index >= 15 is 0 Å². The molecule has 4 heteroatoms. The third kappa shape index (κ3) is 3.85. The van der Waals surface area contributed by atoms with E-state index in [1.165, 1.54) is 18.9 Å². The molecule has 1 unspecified atom stereocenters. The van der Waals surface area contributed by atoms with E-state index in [-0.39, 0.29) is 17.5 Å². The number of hydrogen-bond acceptors (Lipinski definition) is 2. The minimum atomic E-state index is -0.188. The predicted molar refractivity (Wildman–Crippen MR) is 88.0 cm³/mol. The number of hydrogen-bond donors (Lipinski definition) is 1. The van der Waals surface area contributed by atoms with Crippen LogP contribution >= 0.6 is 15.9 Å². The highest BCUT2D eigenvalue weighted by molar-refractivity contribution is 9.10. The summed E-state index contributed by atoms with van der Waals surface area (Å²) in [6, 6.07) is 5.06. The number of halogens is 2. The largest absolute Gasteiger partial charge is 0.377 e. The van der Waals surface area contributed by atoms with Crippen LogP contribution in [0.2, 0.25) is 0 Å². The molecule has 1 saturated carbocycles. The normalized spacial score (nSPS) is 27.6. The maximum Gasteiger partial charge on any atom is 0.123 e. The molecule has 1 aliphatic rings. The average molecular weight is 358 g/mol. The van der Waals surface area contributed by atoms with Gasteiger partial charge in [0.1, 0.15) is 5.82 Å². The molecule has 0 spiro atoms. The van der Waals surface area contributed by atoms with Gasteiger partial charge in [-0.05, 0) is 68.8 Å². The Morgan fingerprint density at radius 3 is 2.67 bits per heavy atom. The number of ether oxygens (including phenoxy) is 1. The van der Waals surface area contributed by atoms with Crippen molar-refractivity contribution in [2.45, 2.75) is 50.7 Å². The maximum absolute atomic E-state index is 13.5. The number of rotatable bonds is 5. The van der Waals surface area contributed by atoms with Crippen molar-refractivity contribution >= 4 is 15.9 Å². The van der Waals surface area contributed by atoms with Gasteiger partial charge in [-0.1, -0.05) is 22.9 Å². The second kappa shape index (κ2) is 7.21. The van der Waals surface area contributed by atoms with Crippen LogP contribution in [0.3, 0.4) is 0 Å². The van der Waals surface area contributed by atoms with Crippen LogP contribution in [0.4, 0.5) is 4.39 Å². The monoisotopic (exact) mass is 357 g/mol. The lowest BCUT2D eigenvalue weighted by molar-refractivity contribution is -0.0730. The highest BCUT2D eigenvalue weighted by Gasteiger charge is 2.40. The molecule has 2 nitrogen and oxygen atoms in total. The van der Waals surface area contributed by atoms with Crippen LogP contribution in [-0.4, -0.2) is 25.8 Å². The molecule has 1 aromatic carbocycles. The smallest absolute Gasteiger partial charge is 0.123 e. The first kappa shape index (κ1) is 16.9. The Bertz CT molecular complexity index is 472. The first-order valence-electron chi connectivity index (χ1n) is 7.67. The molecule has 1 N–H and O–H groups in total. The van der Waals surface area contributed by atoms with Crippen molar-refractivity contribution < 1.29 is 9.13 Å². The zero-order valence-electron chi connectivity index (χ0n) is 13.1. The fourth-order valence-electron chi connectivity index (χ4n) is 3.42. The Labute approximate surface area is 135 Å². The number of benzene rings is 1. The molecule has 0 saturated heterocycles. The third-order valence-corrected chi connectivity index (χ3v) is 5.72. The van der Waals surface area contributed by atoms with Crippen LogP contribution in [-0.2, 0) is 11.2 Å². The van der Waals surface area contributed by atoms with Gasteiger partial charge in [-0.25, -0.2) is 4.39 Å². The van der Waals surface area contributed by atoms with Crippen molar-refractivity contribution in [2.24, 2.45) is 5.92 Å². The first-order valence-corrected chi connectivity index (χ1v) is 8.46. The second-order valence-electron chi connectivity index (χ2n) is 6.23. The molecule has 118 valence electrons. The lowest BCUT2D eigenvalue weighted by Crippen LogP contribution is -2.54. The highest BCUT2D eigenvalue weighted by Crippen LogP contribution is 2.38.